The number of carbonyl (C=O) groups excluding carboxylic acids is 1. The van der Waals surface area contributed by atoms with Crippen LogP contribution in [0, 0.1) is 0 Å². The molecule has 0 aromatic rings. The van der Waals surface area contributed by atoms with Gasteiger partial charge in [0.05, 0.1) is 6.54 Å². The van der Waals surface area contributed by atoms with Gasteiger partial charge in [0.25, 0.3) is 0 Å². The fourth-order valence-electron chi connectivity index (χ4n) is 0.794. The van der Waals surface area contributed by atoms with Crippen molar-refractivity contribution in [2.45, 2.75) is 6.92 Å². The van der Waals surface area contributed by atoms with Crippen molar-refractivity contribution in [3.8, 4) is 0 Å². The normalized spacial score (nSPS) is 12.0. The van der Waals surface area contributed by atoms with Crippen LogP contribution in [-0.4, -0.2) is 38.3 Å². The van der Waals surface area contributed by atoms with Crippen molar-refractivity contribution in [1.29, 1.82) is 0 Å². The zero-order valence-corrected chi connectivity index (χ0v) is 8.41. The largest absolute Gasteiger partial charge is 0.408 e. The van der Waals surface area contributed by atoms with Crippen molar-refractivity contribution in [3.63, 3.8) is 0 Å². The van der Waals surface area contributed by atoms with E-state index in [2.05, 4.69) is 0 Å². The van der Waals surface area contributed by atoms with Crippen LogP contribution >= 0.6 is 7.75 Å². The van der Waals surface area contributed by atoms with E-state index >= 15 is 0 Å². The average molecular weight is 195 g/mol. The van der Waals surface area contributed by atoms with Gasteiger partial charge < -0.3 is 4.79 Å². The summed E-state index contributed by atoms with van der Waals surface area (Å²) in [7, 11) is -0.627. The van der Waals surface area contributed by atoms with Crippen LogP contribution in [0.4, 0.5) is 0 Å². The van der Waals surface area contributed by atoms with Crippen LogP contribution in [0.15, 0.2) is 0 Å². The van der Waals surface area contributed by atoms with Gasteiger partial charge in [0.15, 0.2) is 0 Å². The van der Waals surface area contributed by atoms with Crippen molar-refractivity contribution in [1.82, 2.24) is 4.67 Å². The lowest BCUT2D eigenvalue weighted by molar-refractivity contribution is -0.108. The molecule has 0 N–H and O–H groups in total. The van der Waals surface area contributed by atoms with Gasteiger partial charge in [0, 0.05) is 20.8 Å². The Hall–Kier alpha value is -0.220. The highest BCUT2D eigenvalue weighted by atomic mass is 31.2. The molecule has 5 nitrogen and oxygen atoms in total. The number of aldehydes is 1. The summed E-state index contributed by atoms with van der Waals surface area (Å²) in [4.78, 5) is 10.2. The van der Waals surface area contributed by atoms with Crippen molar-refractivity contribution in [3.05, 3.63) is 0 Å². The Bertz CT molecular complexity index is 176. The van der Waals surface area contributed by atoms with Crippen LogP contribution in [0.1, 0.15) is 6.92 Å². The molecule has 0 amide bonds. The first kappa shape index (κ1) is 11.8. The van der Waals surface area contributed by atoms with E-state index in [1.54, 1.807) is 6.92 Å². The molecule has 0 unspecified atom stereocenters. The lowest BCUT2D eigenvalue weighted by atomic mass is 10.6. The summed E-state index contributed by atoms with van der Waals surface area (Å²) < 4.78 is 22.3. The molecule has 0 heterocycles. The summed E-state index contributed by atoms with van der Waals surface area (Å²) >= 11 is 0. The second-order valence-electron chi connectivity index (χ2n) is 2.01. The molecule has 0 atom stereocenters. The third-order valence-electron chi connectivity index (χ3n) is 1.46. The predicted molar refractivity (Wildman–Crippen MR) is 44.9 cm³/mol. The molecule has 72 valence electrons. The van der Waals surface area contributed by atoms with Crippen molar-refractivity contribution in [2.24, 2.45) is 0 Å². The van der Waals surface area contributed by atoms with Gasteiger partial charge in [0.2, 0.25) is 0 Å². The van der Waals surface area contributed by atoms with Gasteiger partial charge in [-0.1, -0.05) is 6.92 Å². The van der Waals surface area contributed by atoms with Crippen LogP contribution < -0.4 is 0 Å². The average Bonchev–Trinajstić information content (AvgIpc) is 2.13. The first-order valence-corrected chi connectivity index (χ1v) is 5.04. The van der Waals surface area contributed by atoms with E-state index in [0.29, 0.717) is 12.8 Å². The van der Waals surface area contributed by atoms with Crippen LogP contribution in [0.5, 0.6) is 0 Å². The number of nitrogens with zero attached hydrogens (tertiary/aromatic N) is 1. The molecular formula is C6H14NO4P. The molecule has 12 heavy (non-hydrogen) atoms. The molecule has 0 saturated carbocycles. The first-order valence-electron chi connectivity index (χ1n) is 3.55. The van der Waals surface area contributed by atoms with Gasteiger partial charge >= 0.3 is 7.75 Å². The lowest BCUT2D eigenvalue weighted by Gasteiger charge is -2.24. The summed E-state index contributed by atoms with van der Waals surface area (Å²) in [6.45, 7) is 2.27. The summed E-state index contributed by atoms with van der Waals surface area (Å²) in [6, 6.07) is 0. The number of likely N-dealkylation sites (N-methyl/N-ethyl adjacent to an activating group) is 1. The maximum Gasteiger partial charge on any atom is 0.408 e. The molecule has 0 radical (unpaired) electrons. The van der Waals surface area contributed by atoms with Gasteiger partial charge in [-0.3, -0.25) is 9.05 Å². The zero-order valence-electron chi connectivity index (χ0n) is 7.52. The SMILES string of the molecule is CCN(CC=O)P(=O)(OC)OC. The molecule has 0 fully saturated rings. The van der Waals surface area contributed by atoms with E-state index in [1.807, 2.05) is 0 Å². The highest BCUT2D eigenvalue weighted by Gasteiger charge is 2.29. The van der Waals surface area contributed by atoms with Crippen molar-refractivity contribution in [2.75, 3.05) is 27.3 Å². The second-order valence-corrected chi connectivity index (χ2v) is 4.24. The monoisotopic (exact) mass is 195 g/mol. The minimum Gasteiger partial charge on any atom is -0.302 e. The Kier molecular flexibility index (Phi) is 5.33. The number of hydrogen-bond acceptors (Lipinski definition) is 4. The van der Waals surface area contributed by atoms with Gasteiger partial charge in [-0.05, 0) is 0 Å². The molecule has 0 aliphatic carbocycles. The Morgan fingerprint density at radius 2 is 1.92 bits per heavy atom. The first-order chi connectivity index (χ1) is 5.64. The third-order valence-corrected chi connectivity index (χ3v) is 3.52. The molecule has 0 bridgehead atoms. The van der Waals surface area contributed by atoms with E-state index in [0.717, 1.165) is 0 Å². The van der Waals surface area contributed by atoms with Crippen molar-refractivity contribution < 1.29 is 18.4 Å². The zero-order chi connectivity index (χ0) is 9.61. The summed E-state index contributed by atoms with van der Waals surface area (Å²) in [5.41, 5.74) is 0. The van der Waals surface area contributed by atoms with Crippen LogP contribution in [0.3, 0.4) is 0 Å². The molecule has 0 aliphatic rings. The van der Waals surface area contributed by atoms with E-state index in [4.69, 9.17) is 9.05 Å². The highest BCUT2D eigenvalue weighted by molar-refractivity contribution is 7.51. The number of rotatable bonds is 6. The summed E-state index contributed by atoms with van der Waals surface area (Å²) in [6.07, 6.45) is 0.661. The van der Waals surface area contributed by atoms with Crippen molar-refractivity contribution >= 4 is 14.0 Å². The molecule has 6 heteroatoms. The van der Waals surface area contributed by atoms with Gasteiger partial charge in [-0.2, -0.15) is 0 Å². The maximum absolute atomic E-state index is 11.6. The van der Waals surface area contributed by atoms with Gasteiger partial charge in [-0.15, -0.1) is 0 Å². The smallest absolute Gasteiger partial charge is 0.302 e. The third kappa shape index (κ3) is 2.68. The van der Waals surface area contributed by atoms with Crippen LogP contribution in [0.25, 0.3) is 0 Å². The Balaban J connectivity index is 4.43. The van der Waals surface area contributed by atoms with E-state index < -0.39 is 7.75 Å². The summed E-state index contributed by atoms with van der Waals surface area (Å²) in [5.74, 6) is 0. The van der Waals surface area contributed by atoms with Crippen LogP contribution in [-0.2, 0) is 18.4 Å². The topological polar surface area (TPSA) is 55.8 Å². The molecule has 0 aromatic carbocycles. The Labute approximate surface area is 72.2 Å². The van der Waals surface area contributed by atoms with E-state index in [9.17, 15) is 9.36 Å². The molecule has 0 aliphatic heterocycles. The molecular weight excluding hydrogens is 181 g/mol. The Morgan fingerprint density at radius 1 is 1.42 bits per heavy atom. The maximum atomic E-state index is 11.6. The standard InChI is InChI=1S/C6H14NO4P/c1-4-7(5-6-8)12(9,10-2)11-3/h6H,4-5H2,1-3H3. The number of carbonyl (C=O) groups is 1. The Morgan fingerprint density at radius 3 is 2.17 bits per heavy atom. The summed E-state index contributed by atoms with van der Waals surface area (Å²) in [5, 5.41) is 0. The van der Waals surface area contributed by atoms with E-state index in [-0.39, 0.29) is 6.54 Å². The minimum absolute atomic E-state index is 0.0510. The predicted octanol–water partition coefficient (Wildman–Crippen LogP) is 0.908. The molecule has 0 saturated heterocycles. The minimum atomic E-state index is -3.21. The fraction of sp³-hybridized carbons (Fsp3) is 0.833. The highest BCUT2D eigenvalue weighted by Crippen LogP contribution is 2.49. The molecule has 0 aromatic heterocycles. The van der Waals surface area contributed by atoms with E-state index in [1.165, 1.54) is 18.9 Å². The molecule has 0 rings (SSSR count). The number of hydrogen-bond donors (Lipinski definition) is 0. The van der Waals surface area contributed by atoms with Gasteiger partial charge in [-0.25, -0.2) is 9.24 Å². The fourth-order valence-corrected chi connectivity index (χ4v) is 2.02. The van der Waals surface area contributed by atoms with Crippen LogP contribution in [0.2, 0.25) is 0 Å². The lowest BCUT2D eigenvalue weighted by Crippen LogP contribution is -2.23. The molecule has 0 spiro atoms. The quantitative estimate of drug-likeness (QED) is 0.465. The second kappa shape index (κ2) is 5.43. The van der Waals surface area contributed by atoms with Gasteiger partial charge in [0.1, 0.15) is 6.29 Å².